The number of hydrogen-bond donors (Lipinski definition) is 1. The molecule has 6 heteroatoms. The number of nitriles is 1. The first-order valence-electron chi connectivity index (χ1n) is 8.07. The van der Waals surface area contributed by atoms with Crippen molar-refractivity contribution in [2.24, 2.45) is 11.8 Å². The van der Waals surface area contributed by atoms with Crippen LogP contribution in [-0.4, -0.2) is 36.1 Å². The highest BCUT2D eigenvalue weighted by Gasteiger charge is 2.36. The van der Waals surface area contributed by atoms with Crippen molar-refractivity contribution in [2.75, 3.05) is 25.5 Å². The van der Waals surface area contributed by atoms with Crippen LogP contribution in [0.15, 0.2) is 21.2 Å². The molecule has 120 valence electrons. The Hall–Kier alpha value is -1.58. The molecule has 1 N–H and O–H groups in total. The molecule has 1 saturated carbocycles. The smallest absolute Gasteiger partial charge is 0.204 e. The fourth-order valence-electron chi connectivity index (χ4n) is 4.13. The minimum atomic E-state index is 0.314. The average molecular weight is 375 g/mol. The molecular weight excluding hydrogens is 356 g/mol. The summed E-state index contributed by atoms with van der Waals surface area (Å²) in [6.07, 6.45) is 5.38. The topological polar surface area (TPSA) is 65.1 Å². The molecule has 2 aromatic rings. The number of fused-ring (bicyclic) bond motifs is 2. The standard InChI is InChI=1S/C17H19BrN4O/c1-22-8-10-2-3-12(4-11(10)9-22)21-17-16(18)14-5-13(6-19)23-15(14)7-20-17/h5,7,10-12H,2-4,8-9H2,1H3,(H,20,21). The zero-order valence-corrected chi connectivity index (χ0v) is 14.6. The van der Waals surface area contributed by atoms with Gasteiger partial charge in [-0.2, -0.15) is 5.26 Å². The summed E-state index contributed by atoms with van der Waals surface area (Å²) in [5.41, 5.74) is 0.639. The number of anilines is 1. The van der Waals surface area contributed by atoms with Crippen LogP contribution in [0.1, 0.15) is 25.0 Å². The number of likely N-dealkylation sites (tertiary alicyclic amines) is 1. The monoisotopic (exact) mass is 374 g/mol. The highest BCUT2D eigenvalue weighted by molar-refractivity contribution is 9.10. The molecule has 3 unspecified atom stereocenters. The summed E-state index contributed by atoms with van der Waals surface area (Å²) in [6.45, 7) is 2.46. The van der Waals surface area contributed by atoms with Crippen LogP contribution in [0.25, 0.3) is 11.0 Å². The number of hydrogen-bond acceptors (Lipinski definition) is 5. The minimum absolute atomic E-state index is 0.314. The quantitative estimate of drug-likeness (QED) is 0.869. The average Bonchev–Trinajstić information content (AvgIpc) is 3.12. The van der Waals surface area contributed by atoms with Gasteiger partial charge in [-0.15, -0.1) is 0 Å². The van der Waals surface area contributed by atoms with Gasteiger partial charge in [0.15, 0.2) is 5.58 Å². The second-order valence-corrected chi connectivity index (χ2v) is 7.61. The molecule has 2 aromatic heterocycles. The summed E-state index contributed by atoms with van der Waals surface area (Å²) in [5.74, 6) is 2.82. The van der Waals surface area contributed by atoms with Crippen LogP contribution < -0.4 is 5.32 Å². The highest BCUT2D eigenvalue weighted by Crippen LogP contribution is 2.38. The van der Waals surface area contributed by atoms with Crippen LogP contribution in [0.3, 0.4) is 0 Å². The van der Waals surface area contributed by atoms with E-state index in [0.29, 0.717) is 17.4 Å². The molecule has 1 aliphatic carbocycles. The molecule has 0 amide bonds. The normalized spacial score (nSPS) is 27.8. The van der Waals surface area contributed by atoms with Gasteiger partial charge in [0.2, 0.25) is 5.76 Å². The summed E-state index contributed by atoms with van der Waals surface area (Å²) in [4.78, 5) is 6.93. The van der Waals surface area contributed by atoms with Crippen molar-refractivity contribution in [3.05, 3.63) is 22.5 Å². The lowest BCUT2D eigenvalue weighted by Crippen LogP contribution is -2.32. The zero-order chi connectivity index (χ0) is 16.0. The third kappa shape index (κ3) is 2.73. The third-order valence-electron chi connectivity index (χ3n) is 5.20. The number of furan rings is 1. The van der Waals surface area contributed by atoms with E-state index >= 15 is 0 Å². The van der Waals surface area contributed by atoms with Crippen LogP contribution in [0.5, 0.6) is 0 Å². The predicted molar refractivity (Wildman–Crippen MR) is 92.2 cm³/mol. The van der Waals surface area contributed by atoms with Gasteiger partial charge in [-0.1, -0.05) is 0 Å². The minimum Gasteiger partial charge on any atom is -0.444 e. The lowest BCUT2D eigenvalue weighted by atomic mass is 9.79. The molecule has 1 aliphatic heterocycles. The van der Waals surface area contributed by atoms with Crippen molar-refractivity contribution in [3.63, 3.8) is 0 Å². The molecule has 4 rings (SSSR count). The Bertz CT molecular complexity index is 781. The van der Waals surface area contributed by atoms with Gasteiger partial charge >= 0.3 is 0 Å². The molecule has 0 aromatic carbocycles. The van der Waals surface area contributed by atoms with E-state index in [0.717, 1.165) is 27.5 Å². The van der Waals surface area contributed by atoms with Gasteiger partial charge in [0.1, 0.15) is 11.9 Å². The van der Waals surface area contributed by atoms with Crippen molar-refractivity contribution in [2.45, 2.75) is 25.3 Å². The highest BCUT2D eigenvalue weighted by atomic mass is 79.9. The van der Waals surface area contributed by atoms with E-state index in [-0.39, 0.29) is 0 Å². The van der Waals surface area contributed by atoms with Crippen molar-refractivity contribution in [1.82, 2.24) is 9.88 Å². The molecule has 0 bridgehead atoms. The SMILES string of the molecule is CN1CC2CCC(Nc3ncc4oc(C#N)cc4c3Br)CC2C1. The lowest BCUT2D eigenvalue weighted by molar-refractivity contribution is 0.281. The molecule has 23 heavy (non-hydrogen) atoms. The number of aromatic nitrogens is 1. The zero-order valence-electron chi connectivity index (χ0n) is 13.1. The Balaban J connectivity index is 1.54. The number of rotatable bonds is 2. The van der Waals surface area contributed by atoms with E-state index in [1.165, 1.54) is 32.4 Å². The third-order valence-corrected chi connectivity index (χ3v) is 6.00. The van der Waals surface area contributed by atoms with Crippen LogP contribution in [0.2, 0.25) is 0 Å². The van der Waals surface area contributed by atoms with Gasteiger partial charge in [-0.25, -0.2) is 4.98 Å². The molecule has 3 atom stereocenters. The van der Waals surface area contributed by atoms with Gasteiger partial charge < -0.3 is 14.6 Å². The Kier molecular flexibility index (Phi) is 3.78. The van der Waals surface area contributed by atoms with Gasteiger partial charge in [-0.05, 0) is 54.1 Å². The Morgan fingerprint density at radius 1 is 1.39 bits per heavy atom. The van der Waals surface area contributed by atoms with E-state index < -0.39 is 0 Å². The summed E-state index contributed by atoms with van der Waals surface area (Å²) in [7, 11) is 2.22. The Morgan fingerprint density at radius 2 is 2.22 bits per heavy atom. The van der Waals surface area contributed by atoms with E-state index in [4.69, 9.17) is 9.68 Å². The molecule has 1 saturated heterocycles. The van der Waals surface area contributed by atoms with E-state index in [2.05, 4.69) is 38.2 Å². The number of pyridine rings is 1. The number of nitrogens with zero attached hydrogens (tertiary/aromatic N) is 3. The molecule has 0 radical (unpaired) electrons. The van der Waals surface area contributed by atoms with Gasteiger partial charge in [0.05, 0.1) is 10.7 Å². The molecular formula is C17H19BrN4O. The number of nitrogens with one attached hydrogen (secondary N) is 1. The fourth-order valence-corrected chi connectivity index (χ4v) is 4.65. The summed E-state index contributed by atoms with van der Waals surface area (Å²) in [6, 6.07) is 4.26. The molecule has 2 fully saturated rings. The maximum atomic E-state index is 8.97. The summed E-state index contributed by atoms with van der Waals surface area (Å²) in [5, 5.41) is 13.5. The van der Waals surface area contributed by atoms with E-state index in [1.54, 1.807) is 12.3 Å². The molecule has 3 heterocycles. The van der Waals surface area contributed by atoms with Crippen LogP contribution in [0.4, 0.5) is 5.82 Å². The summed E-state index contributed by atoms with van der Waals surface area (Å²) >= 11 is 3.61. The molecule has 0 spiro atoms. The van der Waals surface area contributed by atoms with Gasteiger partial charge in [-0.3, -0.25) is 0 Å². The lowest BCUT2D eigenvalue weighted by Gasteiger charge is -2.32. The first-order valence-corrected chi connectivity index (χ1v) is 8.86. The van der Waals surface area contributed by atoms with Crippen LogP contribution in [-0.2, 0) is 0 Å². The largest absolute Gasteiger partial charge is 0.444 e. The second-order valence-electron chi connectivity index (χ2n) is 6.82. The predicted octanol–water partition coefficient (Wildman–Crippen LogP) is 3.60. The first-order chi connectivity index (χ1) is 11.1. The first kappa shape index (κ1) is 15.0. The van der Waals surface area contributed by atoms with Crippen molar-refractivity contribution >= 4 is 32.7 Å². The maximum absolute atomic E-state index is 8.97. The van der Waals surface area contributed by atoms with Crippen LogP contribution in [0, 0.1) is 23.2 Å². The summed E-state index contributed by atoms with van der Waals surface area (Å²) < 4.78 is 6.31. The van der Waals surface area contributed by atoms with E-state index in [1.807, 2.05) is 6.07 Å². The molecule has 5 nitrogen and oxygen atoms in total. The van der Waals surface area contributed by atoms with Crippen molar-refractivity contribution in [3.8, 4) is 6.07 Å². The fraction of sp³-hybridized carbons (Fsp3) is 0.529. The van der Waals surface area contributed by atoms with Gasteiger partial charge in [0, 0.05) is 30.6 Å². The molecule has 2 aliphatic rings. The van der Waals surface area contributed by atoms with Crippen LogP contribution >= 0.6 is 15.9 Å². The maximum Gasteiger partial charge on any atom is 0.204 e. The van der Waals surface area contributed by atoms with E-state index in [9.17, 15) is 0 Å². The van der Waals surface area contributed by atoms with Crippen molar-refractivity contribution in [1.29, 1.82) is 5.26 Å². The van der Waals surface area contributed by atoms with Gasteiger partial charge in [0.25, 0.3) is 0 Å². The van der Waals surface area contributed by atoms with Crippen molar-refractivity contribution < 1.29 is 4.42 Å². The number of halogens is 1. The second kappa shape index (κ2) is 5.81. The Labute approximate surface area is 143 Å². The Morgan fingerprint density at radius 3 is 3.04 bits per heavy atom.